The normalized spacial score (nSPS) is 10.6. The Balaban J connectivity index is 2.10. The molecular formula is C12H13O2. The van der Waals surface area contributed by atoms with E-state index in [0.29, 0.717) is 0 Å². The smallest absolute Gasteiger partial charge is 0.104 e. The van der Waals surface area contributed by atoms with Crippen molar-refractivity contribution in [3.8, 4) is 11.1 Å². The van der Waals surface area contributed by atoms with E-state index in [-0.39, 0.29) is 0 Å². The van der Waals surface area contributed by atoms with Crippen LogP contribution in [0.1, 0.15) is 18.6 Å². The van der Waals surface area contributed by atoms with E-state index in [1.807, 2.05) is 6.07 Å². The van der Waals surface area contributed by atoms with E-state index in [0.717, 1.165) is 36.1 Å². The van der Waals surface area contributed by atoms with Gasteiger partial charge < -0.3 is 8.83 Å². The van der Waals surface area contributed by atoms with Gasteiger partial charge in [-0.05, 0) is 18.6 Å². The van der Waals surface area contributed by atoms with Crippen LogP contribution >= 0.6 is 0 Å². The molecule has 1 radical (unpaired) electrons. The fourth-order valence-electron chi connectivity index (χ4n) is 1.39. The highest BCUT2D eigenvalue weighted by Crippen LogP contribution is 2.23. The van der Waals surface area contributed by atoms with Crippen molar-refractivity contribution in [2.45, 2.75) is 19.3 Å². The van der Waals surface area contributed by atoms with E-state index in [2.05, 4.69) is 13.0 Å². The minimum Gasteiger partial charge on any atom is -0.472 e. The molecule has 2 nitrogen and oxygen atoms in total. The SMILES string of the molecule is [CH2]CCCc1cc(-c2ccoc2)co1. The third-order valence-corrected chi connectivity index (χ3v) is 2.18. The van der Waals surface area contributed by atoms with E-state index in [1.54, 1.807) is 18.8 Å². The lowest BCUT2D eigenvalue weighted by atomic mass is 10.1. The van der Waals surface area contributed by atoms with Crippen LogP contribution in [0.5, 0.6) is 0 Å². The predicted molar refractivity (Wildman–Crippen MR) is 54.7 cm³/mol. The molecule has 2 rings (SSSR count). The highest BCUT2D eigenvalue weighted by Gasteiger charge is 2.04. The van der Waals surface area contributed by atoms with Gasteiger partial charge in [0, 0.05) is 17.5 Å². The third kappa shape index (κ3) is 1.90. The van der Waals surface area contributed by atoms with Gasteiger partial charge in [0.15, 0.2) is 0 Å². The Bertz CT molecular complexity index is 371. The molecule has 73 valence electrons. The van der Waals surface area contributed by atoms with Crippen molar-refractivity contribution in [3.05, 3.63) is 43.6 Å². The van der Waals surface area contributed by atoms with Gasteiger partial charge in [0.1, 0.15) is 5.76 Å². The van der Waals surface area contributed by atoms with Crippen LogP contribution in [-0.2, 0) is 6.42 Å². The molecule has 0 fully saturated rings. The number of hydrogen-bond acceptors (Lipinski definition) is 2. The molecule has 0 N–H and O–H groups in total. The Kier molecular flexibility index (Phi) is 2.73. The van der Waals surface area contributed by atoms with Gasteiger partial charge >= 0.3 is 0 Å². The first kappa shape index (κ1) is 9.13. The number of rotatable bonds is 4. The molecule has 0 aliphatic carbocycles. The van der Waals surface area contributed by atoms with Gasteiger partial charge in [-0.25, -0.2) is 0 Å². The van der Waals surface area contributed by atoms with Gasteiger partial charge in [0.25, 0.3) is 0 Å². The zero-order chi connectivity index (χ0) is 9.80. The summed E-state index contributed by atoms with van der Waals surface area (Å²) >= 11 is 0. The number of aryl methyl sites for hydroxylation is 1. The second kappa shape index (κ2) is 4.18. The number of furan rings is 2. The van der Waals surface area contributed by atoms with Crippen LogP contribution in [0.4, 0.5) is 0 Å². The Morgan fingerprint density at radius 3 is 2.86 bits per heavy atom. The van der Waals surface area contributed by atoms with Crippen LogP contribution in [0.15, 0.2) is 39.8 Å². The molecule has 0 bridgehead atoms. The lowest BCUT2D eigenvalue weighted by Gasteiger charge is -1.90. The molecule has 0 atom stereocenters. The molecule has 0 spiro atoms. The Morgan fingerprint density at radius 2 is 2.14 bits per heavy atom. The van der Waals surface area contributed by atoms with Crippen molar-refractivity contribution in [1.82, 2.24) is 0 Å². The standard InChI is InChI=1S/C12H13O2/c1-2-3-4-12-7-11(9-14-12)10-5-6-13-8-10/h5-9H,1-4H2. The van der Waals surface area contributed by atoms with Crippen molar-refractivity contribution in [1.29, 1.82) is 0 Å². The quantitative estimate of drug-likeness (QED) is 0.733. The molecule has 0 saturated carbocycles. The summed E-state index contributed by atoms with van der Waals surface area (Å²) in [5.74, 6) is 1.02. The molecule has 0 saturated heterocycles. The van der Waals surface area contributed by atoms with Gasteiger partial charge in [-0.2, -0.15) is 0 Å². The summed E-state index contributed by atoms with van der Waals surface area (Å²) in [5.41, 5.74) is 2.15. The van der Waals surface area contributed by atoms with Crippen LogP contribution in [-0.4, -0.2) is 0 Å². The van der Waals surface area contributed by atoms with Gasteiger partial charge in [0.2, 0.25) is 0 Å². The van der Waals surface area contributed by atoms with Gasteiger partial charge in [-0.15, -0.1) is 0 Å². The van der Waals surface area contributed by atoms with Gasteiger partial charge in [-0.3, -0.25) is 0 Å². The summed E-state index contributed by atoms with van der Waals surface area (Å²) in [7, 11) is 0. The number of hydrogen-bond donors (Lipinski definition) is 0. The molecule has 0 aliphatic rings. The fraction of sp³-hybridized carbons (Fsp3) is 0.250. The molecule has 2 heteroatoms. The second-order valence-electron chi connectivity index (χ2n) is 3.27. The van der Waals surface area contributed by atoms with Crippen molar-refractivity contribution in [2.75, 3.05) is 0 Å². The van der Waals surface area contributed by atoms with E-state index >= 15 is 0 Å². The lowest BCUT2D eigenvalue weighted by Crippen LogP contribution is -1.78. The van der Waals surface area contributed by atoms with E-state index in [9.17, 15) is 0 Å². The molecule has 2 aromatic rings. The Morgan fingerprint density at radius 1 is 1.21 bits per heavy atom. The summed E-state index contributed by atoms with van der Waals surface area (Å²) < 4.78 is 10.4. The maximum Gasteiger partial charge on any atom is 0.104 e. The van der Waals surface area contributed by atoms with E-state index < -0.39 is 0 Å². The maximum absolute atomic E-state index is 5.42. The predicted octanol–water partition coefficient (Wildman–Crippen LogP) is 3.70. The minimum atomic E-state index is 0.946. The van der Waals surface area contributed by atoms with Crippen molar-refractivity contribution < 1.29 is 8.83 Å². The van der Waals surface area contributed by atoms with E-state index in [4.69, 9.17) is 8.83 Å². The lowest BCUT2D eigenvalue weighted by molar-refractivity contribution is 0.503. The first-order chi connectivity index (χ1) is 6.90. The average Bonchev–Trinajstić information content (AvgIpc) is 2.85. The monoisotopic (exact) mass is 189 g/mol. The summed E-state index contributed by atoms with van der Waals surface area (Å²) in [4.78, 5) is 0. The van der Waals surface area contributed by atoms with Crippen LogP contribution < -0.4 is 0 Å². The first-order valence-electron chi connectivity index (χ1n) is 4.79. The van der Waals surface area contributed by atoms with E-state index in [1.165, 1.54) is 0 Å². The molecule has 0 aromatic carbocycles. The minimum absolute atomic E-state index is 0.946. The zero-order valence-corrected chi connectivity index (χ0v) is 8.03. The summed E-state index contributed by atoms with van der Waals surface area (Å²) in [5, 5.41) is 0. The molecule has 0 unspecified atom stereocenters. The maximum atomic E-state index is 5.42. The summed E-state index contributed by atoms with van der Waals surface area (Å²) in [6.45, 7) is 3.80. The van der Waals surface area contributed by atoms with Crippen LogP contribution in [0.2, 0.25) is 0 Å². The Hall–Kier alpha value is -1.44. The molecule has 0 aliphatic heterocycles. The molecule has 0 amide bonds. The van der Waals surface area contributed by atoms with Crippen molar-refractivity contribution >= 4 is 0 Å². The highest BCUT2D eigenvalue weighted by molar-refractivity contribution is 5.61. The summed E-state index contributed by atoms with van der Waals surface area (Å²) in [6.07, 6.45) is 8.12. The molecule has 14 heavy (non-hydrogen) atoms. The highest BCUT2D eigenvalue weighted by atomic mass is 16.3. The fourth-order valence-corrected chi connectivity index (χ4v) is 1.39. The van der Waals surface area contributed by atoms with Crippen molar-refractivity contribution in [3.63, 3.8) is 0 Å². The first-order valence-corrected chi connectivity index (χ1v) is 4.79. The van der Waals surface area contributed by atoms with Crippen molar-refractivity contribution in [2.24, 2.45) is 0 Å². The Labute approximate surface area is 83.5 Å². The molecule has 2 heterocycles. The largest absolute Gasteiger partial charge is 0.472 e. The second-order valence-corrected chi connectivity index (χ2v) is 3.27. The molecule has 2 aromatic heterocycles. The third-order valence-electron chi connectivity index (χ3n) is 2.18. The topological polar surface area (TPSA) is 26.3 Å². The number of unbranched alkanes of at least 4 members (excludes halogenated alkanes) is 1. The molecular weight excluding hydrogens is 176 g/mol. The van der Waals surface area contributed by atoms with Crippen LogP contribution in [0.3, 0.4) is 0 Å². The average molecular weight is 189 g/mol. The van der Waals surface area contributed by atoms with Gasteiger partial charge in [-0.1, -0.05) is 13.3 Å². The van der Waals surface area contributed by atoms with Crippen LogP contribution in [0, 0.1) is 6.92 Å². The zero-order valence-electron chi connectivity index (χ0n) is 8.03. The summed E-state index contributed by atoms with van der Waals surface area (Å²) in [6, 6.07) is 3.98. The van der Waals surface area contributed by atoms with Gasteiger partial charge in [0.05, 0.1) is 18.8 Å². The van der Waals surface area contributed by atoms with Crippen LogP contribution in [0.25, 0.3) is 11.1 Å².